The SMILES string of the molecule is CCCCCCCCC(c1ccc(-c2cccc(F)c2)cc1)C(O)(OC)OC. The zero-order valence-electron chi connectivity index (χ0n) is 17.3. The molecule has 1 atom stereocenters. The van der Waals surface area contributed by atoms with Gasteiger partial charge >= 0.3 is 0 Å². The Labute approximate surface area is 168 Å². The number of halogens is 1. The summed E-state index contributed by atoms with van der Waals surface area (Å²) in [6.45, 7) is 2.21. The van der Waals surface area contributed by atoms with Crippen LogP contribution in [-0.4, -0.2) is 25.3 Å². The van der Waals surface area contributed by atoms with E-state index in [2.05, 4.69) is 6.92 Å². The van der Waals surface area contributed by atoms with E-state index in [1.807, 2.05) is 30.3 Å². The molecule has 0 spiro atoms. The maximum absolute atomic E-state index is 13.5. The monoisotopic (exact) mass is 388 g/mol. The van der Waals surface area contributed by atoms with Crippen LogP contribution in [0.5, 0.6) is 0 Å². The molecule has 0 aliphatic rings. The minimum Gasteiger partial charge on any atom is -0.343 e. The lowest BCUT2D eigenvalue weighted by Crippen LogP contribution is -2.40. The first kappa shape index (κ1) is 22.5. The molecule has 0 saturated heterocycles. The van der Waals surface area contributed by atoms with Crippen molar-refractivity contribution in [1.82, 2.24) is 0 Å². The van der Waals surface area contributed by atoms with Crippen molar-refractivity contribution in [2.75, 3.05) is 14.2 Å². The summed E-state index contributed by atoms with van der Waals surface area (Å²) in [6, 6.07) is 14.4. The molecular weight excluding hydrogens is 355 g/mol. The van der Waals surface area contributed by atoms with Crippen molar-refractivity contribution in [3.05, 3.63) is 59.9 Å². The maximum Gasteiger partial charge on any atom is 0.287 e. The highest BCUT2D eigenvalue weighted by atomic mass is 19.1. The Hall–Kier alpha value is -1.75. The summed E-state index contributed by atoms with van der Waals surface area (Å²) in [6.07, 6.45) is 7.85. The van der Waals surface area contributed by atoms with Crippen LogP contribution in [0.15, 0.2) is 48.5 Å². The van der Waals surface area contributed by atoms with Crippen LogP contribution >= 0.6 is 0 Å². The van der Waals surface area contributed by atoms with Gasteiger partial charge in [-0.25, -0.2) is 4.39 Å². The van der Waals surface area contributed by atoms with Gasteiger partial charge in [0.05, 0.1) is 5.92 Å². The largest absolute Gasteiger partial charge is 0.343 e. The number of aliphatic hydroxyl groups is 1. The second kappa shape index (κ2) is 11.3. The van der Waals surface area contributed by atoms with Crippen molar-refractivity contribution in [1.29, 1.82) is 0 Å². The molecule has 0 aliphatic carbocycles. The molecule has 0 radical (unpaired) electrons. The molecule has 0 saturated carbocycles. The van der Waals surface area contributed by atoms with E-state index in [1.54, 1.807) is 6.07 Å². The van der Waals surface area contributed by atoms with Gasteiger partial charge in [0.25, 0.3) is 5.97 Å². The molecule has 0 aromatic heterocycles. The summed E-state index contributed by atoms with van der Waals surface area (Å²) >= 11 is 0. The minimum atomic E-state index is -1.66. The van der Waals surface area contributed by atoms with Crippen LogP contribution in [-0.2, 0) is 9.47 Å². The molecule has 28 heavy (non-hydrogen) atoms. The van der Waals surface area contributed by atoms with Gasteiger partial charge in [-0.15, -0.1) is 0 Å². The highest BCUT2D eigenvalue weighted by Crippen LogP contribution is 2.35. The predicted molar refractivity (Wildman–Crippen MR) is 112 cm³/mol. The Morgan fingerprint density at radius 2 is 1.54 bits per heavy atom. The van der Waals surface area contributed by atoms with E-state index in [0.29, 0.717) is 0 Å². The number of hydrogen-bond donors (Lipinski definition) is 1. The summed E-state index contributed by atoms with van der Waals surface area (Å²) in [5, 5.41) is 10.8. The van der Waals surface area contributed by atoms with Gasteiger partial charge in [0, 0.05) is 14.2 Å². The smallest absolute Gasteiger partial charge is 0.287 e. The van der Waals surface area contributed by atoms with Crippen LogP contribution in [0, 0.1) is 5.82 Å². The van der Waals surface area contributed by atoms with Gasteiger partial charge in [0.1, 0.15) is 5.82 Å². The van der Waals surface area contributed by atoms with Crippen LogP contribution in [0.1, 0.15) is 63.4 Å². The van der Waals surface area contributed by atoms with Gasteiger partial charge in [-0.05, 0) is 35.2 Å². The minimum absolute atomic E-state index is 0.254. The fourth-order valence-electron chi connectivity index (χ4n) is 3.63. The number of benzene rings is 2. The standard InChI is InChI=1S/C24H33FO3/c1-4-5-6-7-8-9-13-23(24(26,27-2)28-3)20-16-14-19(15-17-20)21-11-10-12-22(25)18-21/h10-12,14-18,23,26H,4-9,13H2,1-3H3. The molecule has 4 heteroatoms. The molecule has 0 bridgehead atoms. The molecular formula is C24H33FO3. The maximum atomic E-state index is 13.5. The number of ether oxygens (including phenoxy) is 2. The van der Waals surface area contributed by atoms with Crippen molar-refractivity contribution in [2.45, 2.75) is 63.8 Å². The van der Waals surface area contributed by atoms with Crippen molar-refractivity contribution in [3.63, 3.8) is 0 Å². The second-order valence-electron chi connectivity index (χ2n) is 7.28. The van der Waals surface area contributed by atoms with Gasteiger partial charge in [-0.3, -0.25) is 0 Å². The second-order valence-corrected chi connectivity index (χ2v) is 7.28. The predicted octanol–water partition coefficient (Wildman–Crippen LogP) is 6.27. The molecule has 0 fully saturated rings. The van der Waals surface area contributed by atoms with Crippen molar-refractivity contribution in [3.8, 4) is 11.1 Å². The normalized spacial score (nSPS) is 12.9. The summed E-state index contributed by atoms with van der Waals surface area (Å²) < 4.78 is 24.1. The first-order valence-electron chi connectivity index (χ1n) is 10.2. The zero-order chi connectivity index (χ0) is 20.4. The van der Waals surface area contributed by atoms with Gasteiger partial charge in [0.15, 0.2) is 0 Å². The molecule has 0 heterocycles. The summed E-state index contributed by atoms with van der Waals surface area (Å²) in [5.41, 5.74) is 2.70. The van der Waals surface area contributed by atoms with Crippen LogP contribution in [0.4, 0.5) is 4.39 Å². The summed E-state index contributed by atoms with van der Waals surface area (Å²) in [5.74, 6) is -2.21. The topological polar surface area (TPSA) is 38.7 Å². The van der Waals surface area contributed by atoms with Crippen LogP contribution in [0.25, 0.3) is 11.1 Å². The Morgan fingerprint density at radius 1 is 0.893 bits per heavy atom. The van der Waals surface area contributed by atoms with E-state index >= 15 is 0 Å². The zero-order valence-corrected chi connectivity index (χ0v) is 17.3. The molecule has 0 amide bonds. The number of unbranched alkanes of at least 4 members (excludes halogenated alkanes) is 5. The number of hydrogen-bond acceptors (Lipinski definition) is 3. The molecule has 1 unspecified atom stereocenters. The van der Waals surface area contributed by atoms with Crippen molar-refractivity contribution >= 4 is 0 Å². The van der Waals surface area contributed by atoms with E-state index in [9.17, 15) is 9.50 Å². The highest BCUT2D eigenvalue weighted by molar-refractivity contribution is 5.63. The molecule has 154 valence electrons. The van der Waals surface area contributed by atoms with Gasteiger partial charge in [-0.2, -0.15) is 0 Å². The Kier molecular flexibility index (Phi) is 9.10. The number of rotatable bonds is 12. The Bertz CT molecular complexity index is 695. The fraction of sp³-hybridized carbons (Fsp3) is 0.500. The van der Waals surface area contributed by atoms with E-state index in [4.69, 9.17) is 9.47 Å². The lowest BCUT2D eigenvalue weighted by atomic mass is 9.89. The van der Waals surface area contributed by atoms with Gasteiger partial charge in [0.2, 0.25) is 0 Å². The molecule has 0 aliphatic heterocycles. The van der Waals surface area contributed by atoms with E-state index in [0.717, 1.165) is 36.0 Å². The molecule has 1 N–H and O–H groups in total. The van der Waals surface area contributed by atoms with Gasteiger partial charge in [-0.1, -0.05) is 81.8 Å². The van der Waals surface area contributed by atoms with E-state index in [-0.39, 0.29) is 11.7 Å². The van der Waals surface area contributed by atoms with Crippen LogP contribution in [0.3, 0.4) is 0 Å². The summed E-state index contributed by atoms with van der Waals surface area (Å²) in [7, 11) is 2.91. The van der Waals surface area contributed by atoms with Crippen molar-refractivity contribution < 1.29 is 19.0 Å². The Morgan fingerprint density at radius 3 is 2.14 bits per heavy atom. The average molecular weight is 389 g/mol. The van der Waals surface area contributed by atoms with Crippen LogP contribution in [0.2, 0.25) is 0 Å². The molecule has 3 nitrogen and oxygen atoms in total. The summed E-state index contributed by atoms with van der Waals surface area (Å²) in [4.78, 5) is 0. The third-order valence-corrected chi connectivity index (χ3v) is 5.34. The average Bonchev–Trinajstić information content (AvgIpc) is 2.73. The molecule has 2 rings (SSSR count). The lowest BCUT2D eigenvalue weighted by Gasteiger charge is -2.33. The number of methoxy groups -OCH3 is 2. The van der Waals surface area contributed by atoms with E-state index < -0.39 is 5.97 Å². The third-order valence-electron chi connectivity index (χ3n) is 5.34. The quantitative estimate of drug-likeness (QED) is 0.344. The first-order chi connectivity index (χ1) is 13.5. The van der Waals surface area contributed by atoms with E-state index in [1.165, 1.54) is 52.0 Å². The van der Waals surface area contributed by atoms with Gasteiger partial charge < -0.3 is 14.6 Å². The van der Waals surface area contributed by atoms with Crippen LogP contribution < -0.4 is 0 Å². The first-order valence-corrected chi connectivity index (χ1v) is 10.2. The molecule has 2 aromatic carbocycles. The fourth-order valence-corrected chi connectivity index (χ4v) is 3.63. The van der Waals surface area contributed by atoms with Crippen molar-refractivity contribution in [2.24, 2.45) is 0 Å². The lowest BCUT2D eigenvalue weighted by molar-refractivity contribution is -0.353. The highest BCUT2D eigenvalue weighted by Gasteiger charge is 2.38. The molecule has 2 aromatic rings. The Balaban J connectivity index is 2.13. The third kappa shape index (κ3) is 6.13.